The zero-order valence-corrected chi connectivity index (χ0v) is 9.60. The molecule has 1 saturated heterocycles. The monoisotopic (exact) mass is 183 g/mol. The third-order valence-electron chi connectivity index (χ3n) is 3.52. The second-order valence-corrected chi connectivity index (χ2v) is 4.55. The van der Waals surface area contributed by atoms with E-state index in [1.54, 1.807) is 0 Å². The van der Waals surface area contributed by atoms with Crippen molar-refractivity contribution in [3.63, 3.8) is 0 Å². The Bertz CT molecular complexity index is 136. The van der Waals surface area contributed by atoms with Gasteiger partial charge in [0.1, 0.15) is 0 Å². The summed E-state index contributed by atoms with van der Waals surface area (Å²) in [5.74, 6) is 0. The fourth-order valence-corrected chi connectivity index (χ4v) is 2.99. The lowest BCUT2D eigenvalue weighted by molar-refractivity contribution is 0.114. The van der Waals surface area contributed by atoms with E-state index >= 15 is 0 Å². The van der Waals surface area contributed by atoms with Crippen LogP contribution in [0.5, 0.6) is 0 Å². The fourth-order valence-electron chi connectivity index (χ4n) is 2.99. The van der Waals surface area contributed by atoms with Gasteiger partial charge in [-0.1, -0.05) is 26.7 Å². The lowest BCUT2D eigenvalue weighted by atomic mass is 9.79. The second-order valence-electron chi connectivity index (χ2n) is 4.55. The summed E-state index contributed by atoms with van der Waals surface area (Å²) in [6.45, 7) is 6.72. The van der Waals surface area contributed by atoms with Gasteiger partial charge >= 0.3 is 0 Å². The first-order valence-electron chi connectivity index (χ1n) is 5.99. The number of piperidine rings is 1. The molecule has 0 bridgehead atoms. The molecule has 1 spiro atoms. The topological polar surface area (TPSA) is 3.24 Å². The van der Waals surface area contributed by atoms with Crippen LogP contribution >= 0.6 is 0 Å². The van der Waals surface area contributed by atoms with E-state index in [4.69, 9.17) is 0 Å². The highest BCUT2D eigenvalue weighted by Crippen LogP contribution is 2.44. The first-order chi connectivity index (χ1) is 6.31. The second kappa shape index (κ2) is 4.99. The summed E-state index contributed by atoms with van der Waals surface area (Å²) in [4.78, 5) is 2.52. The SMILES string of the molecule is CC.CN1CCCC2(CCCC2)C1. The molecular formula is C12H25N. The first-order valence-corrected chi connectivity index (χ1v) is 5.99. The van der Waals surface area contributed by atoms with Gasteiger partial charge in [0, 0.05) is 6.54 Å². The summed E-state index contributed by atoms with van der Waals surface area (Å²) < 4.78 is 0. The van der Waals surface area contributed by atoms with Crippen molar-refractivity contribution in [3.8, 4) is 0 Å². The molecule has 0 aromatic heterocycles. The van der Waals surface area contributed by atoms with Crippen LogP contribution in [0.15, 0.2) is 0 Å². The molecule has 0 radical (unpaired) electrons. The molecule has 1 aliphatic carbocycles. The van der Waals surface area contributed by atoms with Crippen LogP contribution < -0.4 is 0 Å². The van der Waals surface area contributed by atoms with Crippen molar-refractivity contribution in [2.45, 2.75) is 52.4 Å². The maximum atomic E-state index is 2.52. The highest BCUT2D eigenvalue weighted by atomic mass is 15.1. The van der Waals surface area contributed by atoms with Crippen LogP contribution in [0.25, 0.3) is 0 Å². The molecule has 2 aliphatic rings. The molecule has 78 valence electrons. The lowest BCUT2D eigenvalue weighted by Crippen LogP contribution is -2.39. The van der Waals surface area contributed by atoms with Gasteiger partial charge in [-0.2, -0.15) is 0 Å². The van der Waals surface area contributed by atoms with Crippen molar-refractivity contribution in [2.24, 2.45) is 5.41 Å². The Morgan fingerprint density at radius 3 is 2.00 bits per heavy atom. The van der Waals surface area contributed by atoms with Crippen LogP contribution in [0.2, 0.25) is 0 Å². The van der Waals surface area contributed by atoms with Gasteiger partial charge in [-0.25, -0.2) is 0 Å². The number of rotatable bonds is 0. The summed E-state index contributed by atoms with van der Waals surface area (Å²) in [5.41, 5.74) is 0.771. The third kappa shape index (κ3) is 2.70. The molecule has 0 unspecified atom stereocenters. The molecule has 0 atom stereocenters. The van der Waals surface area contributed by atoms with Crippen LogP contribution in [0.1, 0.15) is 52.4 Å². The maximum absolute atomic E-state index is 2.52. The summed E-state index contributed by atoms with van der Waals surface area (Å²) in [6.07, 6.45) is 8.96. The molecule has 0 N–H and O–H groups in total. The molecule has 0 amide bonds. The van der Waals surface area contributed by atoms with E-state index in [9.17, 15) is 0 Å². The Balaban J connectivity index is 0.000000396. The molecule has 2 fully saturated rings. The van der Waals surface area contributed by atoms with Crippen LogP contribution in [0.3, 0.4) is 0 Å². The van der Waals surface area contributed by atoms with E-state index in [1.807, 2.05) is 13.8 Å². The van der Waals surface area contributed by atoms with Gasteiger partial charge in [-0.3, -0.25) is 0 Å². The maximum Gasteiger partial charge on any atom is 0.00349 e. The van der Waals surface area contributed by atoms with Crippen LogP contribution in [-0.2, 0) is 0 Å². The van der Waals surface area contributed by atoms with Crippen LogP contribution in [0, 0.1) is 5.41 Å². The standard InChI is InChI=1S/C10H19N.C2H6/c1-11-8-4-7-10(9-11)5-2-3-6-10;1-2/h2-9H2,1H3;1-2H3. The molecule has 1 aliphatic heterocycles. The minimum atomic E-state index is 0.771. The Labute approximate surface area is 83.5 Å². The highest BCUT2D eigenvalue weighted by molar-refractivity contribution is 4.89. The Kier molecular flexibility index (Phi) is 4.24. The fraction of sp³-hybridized carbons (Fsp3) is 1.00. The van der Waals surface area contributed by atoms with Crippen LogP contribution in [-0.4, -0.2) is 25.0 Å². The molecule has 2 rings (SSSR count). The average molecular weight is 183 g/mol. The number of hydrogen-bond donors (Lipinski definition) is 0. The largest absolute Gasteiger partial charge is 0.306 e. The summed E-state index contributed by atoms with van der Waals surface area (Å²) in [5, 5.41) is 0. The number of likely N-dealkylation sites (tertiary alicyclic amines) is 1. The summed E-state index contributed by atoms with van der Waals surface area (Å²) in [7, 11) is 2.28. The van der Waals surface area contributed by atoms with Gasteiger partial charge in [-0.05, 0) is 44.7 Å². The molecule has 1 heteroatoms. The number of nitrogens with zero attached hydrogens (tertiary/aromatic N) is 1. The number of hydrogen-bond acceptors (Lipinski definition) is 1. The van der Waals surface area contributed by atoms with E-state index in [-0.39, 0.29) is 0 Å². The Hall–Kier alpha value is -0.0400. The molecular weight excluding hydrogens is 158 g/mol. The van der Waals surface area contributed by atoms with Crippen molar-refractivity contribution in [1.29, 1.82) is 0 Å². The van der Waals surface area contributed by atoms with Crippen molar-refractivity contribution < 1.29 is 0 Å². The molecule has 0 aromatic carbocycles. The van der Waals surface area contributed by atoms with E-state index in [0.717, 1.165) is 5.41 Å². The van der Waals surface area contributed by atoms with E-state index in [0.29, 0.717) is 0 Å². The predicted molar refractivity (Wildman–Crippen MR) is 59.0 cm³/mol. The minimum absolute atomic E-state index is 0.771. The molecule has 1 saturated carbocycles. The molecule has 13 heavy (non-hydrogen) atoms. The van der Waals surface area contributed by atoms with Gasteiger partial charge in [0.2, 0.25) is 0 Å². The van der Waals surface area contributed by atoms with Gasteiger partial charge in [-0.15, -0.1) is 0 Å². The minimum Gasteiger partial charge on any atom is -0.306 e. The quantitative estimate of drug-likeness (QED) is 0.557. The molecule has 1 heterocycles. The van der Waals surface area contributed by atoms with Crippen LogP contribution in [0.4, 0.5) is 0 Å². The van der Waals surface area contributed by atoms with Crippen molar-refractivity contribution in [1.82, 2.24) is 4.90 Å². The predicted octanol–water partition coefficient (Wildman–Crippen LogP) is 3.30. The van der Waals surface area contributed by atoms with Gasteiger partial charge < -0.3 is 4.90 Å². The van der Waals surface area contributed by atoms with Crippen molar-refractivity contribution >= 4 is 0 Å². The van der Waals surface area contributed by atoms with Gasteiger partial charge in [0.25, 0.3) is 0 Å². The average Bonchev–Trinajstić information content (AvgIpc) is 2.56. The summed E-state index contributed by atoms with van der Waals surface area (Å²) in [6, 6.07) is 0. The van der Waals surface area contributed by atoms with Gasteiger partial charge in [0.15, 0.2) is 0 Å². The Morgan fingerprint density at radius 2 is 1.46 bits per heavy atom. The zero-order valence-electron chi connectivity index (χ0n) is 9.60. The highest BCUT2D eigenvalue weighted by Gasteiger charge is 2.36. The lowest BCUT2D eigenvalue weighted by Gasteiger charge is -2.38. The zero-order chi connectivity index (χ0) is 9.73. The third-order valence-corrected chi connectivity index (χ3v) is 3.52. The van der Waals surface area contributed by atoms with Crippen molar-refractivity contribution in [2.75, 3.05) is 20.1 Å². The normalized spacial score (nSPS) is 27.0. The van der Waals surface area contributed by atoms with E-state index < -0.39 is 0 Å². The smallest absolute Gasteiger partial charge is 0.00349 e. The first kappa shape index (κ1) is 11.0. The Morgan fingerprint density at radius 1 is 0.923 bits per heavy atom. The van der Waals surface area contributed by atoms with E-state index in [1.165, 1.54) is 51.6 Å². The molecule has 1 nitrogen and oxygen atoms in total. The van der Waals surface area contributed by atoms with Crippen molar-refractivity contribution in [3.05, 3.63) is 0 Å². The van der Waals surface area contributed by atoms with Gasteiger partial charge in [0.05, 0.1) is 0 Å². The molecule has 0 aromatic rings. The van der Waals surface area contributed by atoms with E-state index in [2.05, 4.69) is 11.9 Å². The summed E-state index contributed by atoms with van der Waals surface area (Å²) >= 11 is 0.